The Hall–Kier alpha value is -2.64. The van der Waals surface area contributed by atoms with Crippen molar-refractivity contribution in [3.05, 3.63) is 46.1 Å². The Morgan fingerprint density at radius 2 is 1.50 bits per heavy atom. The zero-order valence-electron chi connectivity index (χ0n) is 22.2. The number of hydrogen-bond acceptors (Lipinski definition) is 7. The van der Waals surface area contributed by atoms with Gasteiger partial charge in [0.2, 0.25) is 11.8 Å². The van der Waals surface area contributed by atoms with Gasteiger partial charge < -0.3 is 19.6 Å². The SMILES string of the molecule is Cc1nc(N2CCC(N3CCCC3)CC2)nc2c1C(O)N(Cc1cc(C(F)(F)F)cc(C(F)(F)F)c1)CCCO2. The van der Waals surface area contributed by atoms with Crippen LogP contribution in [-0.4, -0.2) is 70.2 Å². The molecule has 0 radical (unpaired) electrons. The molecule has 5 rings (SSSR count). The summed E-state index contributed by atoms with van der Waals surface area (Å²) in [7, 11) is 0. The summed E-state index contributed by atoms with van der Waals surface area (Å²) in [6.45, 7) is 5.61. The molecule has 1 unspecified atom stereocenters. The highest BCUT2D eigenvalue weighted by Crippen LogP contribution is 2.38. The first-order valence-corrected chi connectivity index (χ1v) is 13.6. The maximum atomic E-state index is 13.4. The van der Waals surface area contributed by atoms with E-state index in [4.69, 9.17) is 4.74 Å². The molecule has 2 aromatic rings. The number of rotatable bonds is 4. The van der Waals surface area contributed by atoms with Crippen molar-refractivity contribution in [2.45, 2.75) is 70.2 Å². The Morgan fingerprint density at radius 3 is 2.10 bits per heavy atom. The molecular weight excluding hydrogens is 540 g/mol. The zero-order chi connectivity index (χ0) is 28.7. The van der Waals surface area contributed by atoms with Gasteiger partial charge in [0.25, 0.3) is 0 Å². The van der Waals surface area contributed by atoms with Crippen LogP contribution in [0.5, 0.6) is 5.88 Å². The van der Waals surface area contributed by atoms with Gasteiger partial charge in [-0.15, -0.1) is 0 Å². The highest BCUT2D eigenvalue weighted by molar-refractivity contribution is 5.42. The number of benzene rings is 1. The Kier molecular flexibility index (Phi) is 8.17. The molecule has 220 valence electrons. The summed E-state index contributed by atoms with van der Waals surface area (Å²) in [4.78, 5) is 15.3. The van der Waals surface area contributed by atoms with Crippen molar-refractivity contribution in [3.63, 3.8) is 0 Å². The number of aryl methyl sites for hydroxylation is 1. The number of aromatic nitrogens is 2. The normalized spacial score (nSPS) is 22.1. The summed E-state index contributed by atoms with van der Waals surface area (Å²) in [6, 6.07) is 2.03. The molecule has 13 heteroatoms. The van der Waals surface area contributed by atoms with Crippen LogP contribution < -0.4 is 9.64 Å². The predicted octanol–water partition coefficient (Wildman–Crippen LogP) is 5.16. The summed E-state index contributed by atoms with van der Waals surface area (Å²) in [6.07, 6.45) is -6.43. The summed E-state index contributed by atoms with van der Waals surface area (Å²) in [5.41, 5.74) is -2.28. The summed E-state index contributed by atoms with van der Waals surface area (Å²) in [5, 5.41) is 11.3. The molecule has 3 aliphatic heterocycles. The van der Waals surface area contributed by atoms with Crippen molar-refractivity contribution in [1.82, 2.24) is 19.8 Å². The van der Waals surface area contributed by atoms with Crippen LogP contribution in [0.25, 0.3) is 0 Å². The molecule has 0 aliphatic carbocycles. The summed E-state index contributed by atoms with van der Waals surface area (Å²) < 4.78 is 86.2. The van der Waals surface area contributed by atoms with E-state index in [0.29, 0.717) is 36.2 Å². The van der Waals surface area contributed by atoms with Crippen molar-refractivity contribution in [1.29, 1.82) is 0 Å². The van der Waals surface area contributed by atoms with Crippen molar-refractivity contribution in [2.75, 3.05) is 44.2 Å². The van der Waals surface area contributed by atoms with Gasteiger partial charge >= 0.3 is 12.4 Å². The largest absolute Gasteiger partial charge is 0.477 e. The number of halogens is 6. The fourth-order valence-electron chi connectivity index (χ4n) is 5.88. The minimum atomic E-state index is -4.95. The van der Waals surface area contributed by atoms with Crippen LogP contribution in [-0.2, 0) is 18.9 Å². The number of anilines is 1. The Bertz CT molecular complexity index is 1160. The summed E-state index contributed by atoms with van der Waals surface area (Å²) >= 11 is 0. The van der Waals surface area contributed by atoms with E-state index in [0.717, 1.165) is 39.0 Å². The lowest BCUT2D eigenvalue weighted by Crippen LogP contribution is -2.44. The number of alkyl halides is 6. The molecule has 0 spiro atoms. The number of aliphatic hydroxyl groups is 1. The van der Waals surface area contributed by atoms with E-state index in [9.17, 15) is 31.4 Å². The van der Waals surface area contributed by atoms with Crippen molar-refractivity contribution in [2.24, 2.45) is 0 Å². The molecule has 1 N–H and O–H groups in total. The van der Waals surface area contributed by atoms with Crippen molar-refractivity contribution >= 4 is 5.95 Å². The van der Waals surface area contributed by atoms with Crippen LogP contribution >= 0.6 is 0 Å². The van der Waals surface area contributed by atoms with Crippen LogP contribution in [0.15, 0.2) is 18.2 Å². The highest BCUT2D eigenvalue weighted by Gasteiger charge is 2.38. The van der Waals surface area contributed by atoms with E-state index in [1.54, 1.807) is 6.92 Å². The molecule has 1 atom stereocenters. The molecule has 1 aromatic carbocycles. The molecule has 0 saturated carbocycles. The first-order valence-electron chi connectivity index (χ1n) is 13.6. The van der Waals surface area contributed by atoms with Gasteiger partial charge in [-0.25, -0.2) is 4.98 Å². The number of nitrogens with zero attached hydrogens (tertiary/aromatic N) is 5. The van der Waals surface area contributed by atoms with E-state index < -0.39 is 29.7 Å². The van der Waals surface area contributed by atoms with Gasteiger partial charge in [0.05, 0.1) is 29.0 Å². The topological polar surface area (TPSA) is 65.0 Å². The number of piperidine rings is 1. The van der Waals surface area contributed by atoms with E-state index in [-0.39, 0.29) is 42.8 Å². The molecule has 2 saturated heterocycles. The lowest BCUT2D eigenvalue weighted by atomic mass is 10.0. The third kappa shape index (κ3) is 6.31. The molecule has 0 bridgehead atoms. The number of hydrogen-bond donors (Lipinski definition) is 1. The first-order chi connectivity index (χ1) is 18.9. The van der Waals surface area contributed by atoms with Gasteiger partial charge in [0.15, 0.2) is 0 Å². The highest BCUT2D eigenvalue weighted by atomic mass is 19.4. The molecule has 3 aliphatic rings. The van der Waals surface area contributed by atoms with Crippen molar-refractivity contribution in [3.8, 4) is 5.88 Å². The third-order valence-electron chi connectivity index (χ3n) is 7.96. The number of fused-ring (bicyclic) bond motifs is 1. The number of aliphatic hydroxyl groups excluding tert-OH is 1. The second-order valence-electron chi connectivity index (χ2n) is 10.7. The smallest absolute Gasteiger partial charge is 0.416 e. The molecule has 7 nitrogen and oxygen atoms in total. The summed E-state index contributed by atoms with van der Waals surface area (Å²) in [5.74, 6) is 0.671. The Labute approximate surface area is 228 Å². The van der Waals surface area contributed by atoms with Crippen LogP contribution in [0.3, 0.4) is 0 Å². The van der Waals surface area contributed by atoms with Gasteiger partial charge in [-0.3, -0.25) is 4.90 Å². The molecular formula is C27H33F6N5O2. The molecule has 0 amide bonds. The van der Waals surface area contributed by atoms with Crippen LogP contribution in [0, 0.1) is 6.92 Å². The van der Waals surface area contributed by atoms with Crippen LogP contribution in [0.1, 0.15) is 66.3 Å². The van der Waals surface area contributed by atoms with E-state index >= 15 is 0 Å². The van der Waals surface area contributed by atoms with Gasteiger partial charge in [-0.2, -0.15) is 31.3 Å². The van der Waals surface area contributed by atoms with Crippen molar-refractivity contribution < 1.29 is 36.2 Å². The van der Waals surface area contributed by atoms with E-state index in [1.165, 1.54) is 17.7 Å². The molecule has 40 heavy (non-hydrogen) atoms. The maximum Gasteiger partial charge on any atom is 0.416 e. The average Bonchev–Trinajstić information content (AvgIpc) is 3.43. The monoisotopic (exact) mass is 573 g/mol. The van der Waals surface area contributed by atoms with Gasteiger partial charge in [-0.05, 0) is 75.9 Å². The van der Waals surface area contributed by atoms with Crippen LogP contribution in [0.4, 0.5) is 32.3 Å². The Morgan fingerprint density at radius 1 is 0.875 bits per heavy atom. The van der Waals surface area contributed by atoms with Crippen LogP contribution in [0.2, 0.25) is 0 Å². The predicted molar refractivity (Wildman–Crippen MR) is 135 cm³/mol. The quantitative estimate of drug-likeness (QED) is 0.507. The molecule has 1 aromatic heterocycles. The average molecular weight is 574 g/mol. The molecule has 4 heterocycles. The van der Waals surface area contributed by atoms with Gasteiger partial charge in [-0.1, -0.05) is 0 Å². The van der Waals surface area contributed by atoms with Gasteiger partial charge in [0, 0.05) is 32.2 Å². The van der Waals surface area contributed by atoms with E-state index in [2.05, 4.69) is 19.8 Å². The lowest BCUT2D eigenvalue weighted by molar-refractivity contribution is -0.143. The second-order valence-corrected chi connectivity index (χ2v) is 10.7. The van der Waals surface area contributed by atoms with Gasteiger partial charge in [0.1, 0.15) is 6.23 Å². The fraction of sp³-hybridized carbons (Fsp3) is 0.630. The number of likely N-dealkylation sites (tertiary alicyclic amines) is 1. The standard InChI is InChI=1S/C27H33F6N5O2/c1-17-22-23(35-25(34-17)37-10-5-21(6-11-37)36-7-2-3-8-36)40-12-4-9-38(24(22)39)16-18-13-19(26(28,29)30)15-20(14-18)27(31,32)33/h13-15,21,24,39H,2-12,16H2,1H3. The lowest BCUT2D eigenvalue weighted by Gasteiger charge is -2.37. The van der Waals surface area contributed by atoms with E-state index in [1.807, 2.05) is 0 Å². The Balaban J connectivity index is 1.37. The third-order valence-corrected chi connectivity index (χ3v) is 7.96. The minimum absolute atomic E-state index is 0.101. The number of ether oxygens (including phenoxy) is 1. The zero-order valence-corrected chi connectivity index (χ0v) is 22.2. The minimum Gasteiger partial charge on any atom is -0.477 e. The molecule has 2 fully saturated rings. The fourth-order valence-corrected chi connectivity index (χ4v) is 5.88. The second kappa shape index (κ2) is 11.3. The maximum absolute atomic E-state index is 13.4. The first kappa shape index (κ1) is 28.9.